The molecule has 1 unspecified atom stereocenters. The topological polar surface area (TPSA) is 108 Å². The fourth-order valence-electron chi connectivity index (χ4n) is 4.87. The molecule has 42 heavy (non-hydrogen) atoms. The number of hydrogen-bond donors (Lipinski definition) is 3. The summed E-state index contributed by atoms with van der Waals surface area (Å²) in [5, 5.41) is 7.75. The van der Waals surface area contributed by atoms with Crippen LogP contribution in [0.2, 0.25) is 5.02 Å². The maximum atomic E-state index is 13.7. The van der Waals surface area contributed by atoms with Gasteiger partial charge >= 0.3 is 0 Å². The summed E-state index contributed by atoms with van der Waals surface area (Å²) in [5.74, 6) is -0.814. The average Bonchev–Trinajstić information content (AvgIpc) is 3.54. The monoisotopic (exact) mass is 622 g/mol. The molecule has 3 aromatic carbocycles. The second-order valence-corrected chi connectivity index (χ2v) is 13.0. The van der Waals surface area contributed by atoms with Gasteiger partial charge in [0, 0.05) is 25.2 Å². The maximum absolute atomic E-state index is 13.7. The highest BCUT2D eigenvalue weighted by Crippen LogP contribution is 2.33. The Morgan fingerprint density at radius 2 is 1.64 bits per heavy atom. The van der Waals surface area contributed by atoms with Gasteiger partial charge in [-0.3, -0.25) is 14.3 Å². The van der Waals surface area contributed by atoms with Gasteiger partial charge < -0.3 is 15.5 Å². The molecule has 1 saturated heterocycles. The molecular weight excluding hydrogens is 592 g/mol. The van der Waals surface area contributed by atoms with Crippen LogP contribution in [0.3, 0.4) is 0 Å². The Balaban J connectivity index is 1.44. The molecule has 11 heteroatoms. The summed E-state index contributed by atoms with van der Waals surface area (Å²) in [6.45, 7) is 1.46. The van der Waals surface area contributed by atoms with Gasteiger partial charge in [-0.15, -0.1) is 11.3 Å². The predicted molar refractivity (Wildman–Crippen MR) is 169 cm³/mol. The van der Waals surface area contributed by atoms with Gasteiger partial charge in [-0.2, -0.15) is 0 Å². The van der Waals surface area contributed by atoms with E-state index in [1.165, 1.54) is 17.4 Å². The lowest BCUT2D eigenvalue weighted by molar-refractivity contribution is -0.118. The number of halogens is 1. The number of para-hydroxylation sites is 1. The highest BCUT2D eigenvalue weighted by Gasteiger charge is 2.27. The summed E-state index contributed by atoms with van der Waals surface area (Å²) >= 11 is 7.54. The molecule has 1 atom stereocenters. The highest BCUT2D eigenvalue weighted by molar-refractivity contribution is 7.93. The molecule has 218 valence electrons. The molecule has 0 spiro atoms. The lowest BCUT2D eigenvalue weighted by Crippen LogP contribution is -2.45. The number of piperidine rings is 1. The van der Waals surface area contributed by atoms with Crippen molar-refractivity contribution in [2.24, 2.45) is 0 Å². The van der Waals surface area contributed by atoms with Gasteiger partial charge in [-0.25, -0.2) is 8.42 Å². The van der Waals surface area contributed by atoms with Crippen LogP contribution in [0.25, 0.3) is 0 Å². The van der Waals surface area contributed by atoms with Crippen LogP contribution in [0.1, 0.15) is 34.5 Å². The zero-order valence-electron chi connectivity index (χ0n) is 22.8. The zero-order valence-corrected chi connectivity index (χ0v) is 25.1. The van der Waals surface area contributed by atoms with Crippen LogP contribution in [0.4, 0.5) is 17.1 Å². The maximum Gasteiger partial charge on any atom is 0.264 e. The Kier molecular flexibility index (Phi) is 9.46. The van der Waals surface area contributed by atoms with Crippen LogP contribution in [-0.2, 0) is 21.2 Å². The number of nitrogens with one attached hydrogen (secondary N) is 3. The van der Waals surface area contributed by atoms with Crippen LogP contribution in [0.5, 0.6) is 0 Å². The van der Waals surface area contributed by atoms with Gasteiger partial charge in [0.1, 0.15) is 10.9 Å². The van der Waals surface area contributed by atoms with Crippen molar-refractivity contribution in [1.29, 1.82) is 0 Å². The van der Waals surface area contributed by atoms with Gasteiger partial charge in [0.05, 0.1) is 21.3 Å². The normalized spacial score (nSPS) is 14.2. The third-order valence-corrected chi connectivity index (χ3v) is 9.57. The molecular formula is C31H31ClN4O4S2. The first-order valence-corrected chi connectivity index (χ1v) is 16.4. The van der Waals surface area contributed by atoms with Gasteiger partial charge in [0.2, 0.25) is 5.91 Å². The molecule has 0 bridgehead atoms. The van der Waals surface area contributed by atoms with Crippen molar-refractivity contribution in [2.45, 2.75) is 36.6 Å². The Bertz CT molecular complexity index is 1640. The van der Waals surface area contributed by atoms with Crippen molar-refractivity contribution >= 4 is 61.8 Å². The first-order chi connectivity index (χ1) is 20.3. The van der Waals surface area contributed by atoms with Crippen molar-refractivity contribution in [3.05, 3.63) is 106 Å². The largest absolute Gasteiger partial charge is 0.370 e. The minimum atomic E-state index is -4.09. The van der Waals surface area contributed by atoms with E-state index in [1.807, 2.05) is 30.3 Å². The SMILES string of the molecule is O=C(NC(Cc1ccccc1)C(=O)Nc1ccc(N2CCCCC2)c(S(=O)(=O)Nc2ccccc2Cl)c1)c1cccs1. The number of anilines is 3. The number of sulfonamides is 1. The van der Waals surface area contributed by atoms with E-state index in [0.717, 1.165) is 37.9 Å². The minimum absolute atomic E-state index is 0.0318. The second-order valence-electron chi connectivity index (χ2n) is 10.00. The molecule has 3 N–H and O–H groups in total. The number of benzene rings is 3. The summed E-state index contributed by atoms with van der Waals surface area (Å²) in [4.78, 5) is 29.0. The Hall–Kier alpha value is -3.86. The number of hydrogen-bond acceptors (Lipinski definition) is 6. The van der Waals surface area contributed by atoms with E-state index in [2.05, 4.69) is 20.3 Å². The summed E-state index contributed by atoms with van der Waals surface area (Å²) in [6, 6.07) is 23.5. The number of nitrogens with zero attached hydrogens (tertiary/aromatic N) is 1. The smallest absolute Gasteiger partial charge is 0.264 e. The van der Waals surface area contributed by atoms with Gasteiger partial charge in [-0.05, 0) is 66.6 Å². The van der Waals surface area contributed by atoms with E-state index in [-0.39, 0.29) is 27.9 Å². The fraction of sp³-hybridized carbons (Fsp3) is 0.226. The van der Waals surface area contributed by atoms with E-state index < -0.39 is 22.0 Å². The standard InChI is InChI=1S/C31H31ClN4O4S2/c32-24-12-5-6-13-25(24)35-42(39,40)29-21-23(15-16-27(29)36-17-7-2-8-18-36)33-30(37)26(20-22-10-3-1-4-11-22)34-31(38)28-14-9-19-41-28/h1,3-6,9-16,19,21,26,35H,2,7-8,17-18,20H2,(H,33,37)(H,34,38). The van der Waals surface area contributed by atoms with Gasteiger partial charge in [0.25, 0.3) is 15.9 Å². The molecule has 8 nitrogen and oxygen atoms in total. The summed E-state index contributed by atoms with van der Waals surface area (Å²) < 4.78 is 30.1. The lowest BCUT2D eigenvalue weighted by Gasteiger charge is -2.31. The molecule has 0 saturated carbocycles. The highest BCUT2D eigenvalue weighted by atomic mass is 35.5. The number of thiophene rings is 1. The molecule has 1 aliphatic rings. The van der Waals surface area contributed by atoms with E-state index in [9.17, 15) is 18.0 Å². The van der Waals surface area contributed by atoms with Crippen molar-refractivity contribution < 1.29 is 18.0 Å². The van der Waals surface area contributed by atoms with Crippen LogP contribution >= 0.6 is 22.9 Å². The van der Waals surface area contributed by atoms with Gasteiger partial charge in [-0.1, -0.05) is 60.1 Å². The Morgan fingerprint density at radius 3 is 2.36 bits per heavy atom. The molecule has 2 heterocycles. The molecule has 1 aliphatic heterocycles. The number of amides is 2. The third-order valence-electron chi connectivity index (χ3n) is 6.98. The van der Waals surface area contributed by atoms with Crippen molar-refractivity contribution in [2.75, 3.05) is 28.0 Å². The average molecular weight is 623 g/mol. The lowest BCUT2D eigenvalue weighted by atomic mass is 10.0. The molecule has 0 aliphatic carbocycles. The zero-order chi connectivity index (χ0) is 29.5. The van der Waals surface area contributed by atoms with E-state index in [1.54, 1.807) is 53.9 Å². The fourth-order valence-corrected chi connectivity index (χ4v) is 7.07. The molecule has 2 amide bonds. The Morgan fingerprint density at radius 1 is 0.905 bits per heavy atom. The van der Waals surface area contributed by atoms with Crippen molar-refractivity contribution in [3.8, 4) is 0 Å². The molecule has 4 aromatic rings. The molecule has 1 aromatic heterocycles. The summed E-state index contributed by atoms with van der Waals surface area (Å²) in [6.07, 6.45) is 3.27. The predicted octanol–water partition coefficient (Wildman–Crippen LogP) is 6.17. The van der Waals surface area contributed by atoms with Crippen molar-refractivity contribution in [1.82, 2.24) is 5.32 Å². The van der Waals surface area contributed by atoms with Crippen molar-refractivity contribution in [3.63, 3.8) is 0 Å². The first-order valence-electron chi connectivity index (χ1n) is 13.7. The van der Waals surface area contributed by atoms with Crippen LogP contribution < -0.4 is 20.3 Å². The number of rotatable bonds is 10. The molecule has 5 rings (SSSR count). The number of carbonyl (C=O) groups is 2. The molecule has 1 fully saturated rings. The van der Waals surface area contributed by atoms with E-state index in [0.29, 0.717) is 16.3 Å². The Labute approximate surface area is 254 Å². The second kappa shape index (κ2) is 13.4. The van der Waals surface area contributed by atoms with E-state index >= 15 is 0 Å². The van der Waals surface area contributed by atoms with Crippen LogP contribution in [-0.4, -0.2) is 39.4 Å². The quantitative estimate of drug-likeness (QED) is 0.196. The number of carbonyl (C=O) groups excluding carboxylic acids is 2. The van der Waals surface area contributed by atoms with Gasteiger partial charge in [0.15, 0.2) is 0 Å². The van der Waals surface area contributed by atoms with Crippen LogP contribution in [0.15, 0.2) is 95.2 Å². The first kappa shape index (κ1) is 29.6. The third kappa shape index (κ3) is 7.31. The van der Waals surface area contributed by atoms with E-state index in [4.69, 9.17) is 11.6 Å². The minimum Gasteiger partial charge on any atom is -0.370 e. The summed E-state index contributed by atoms with van der Waals surface area (Å²) in [7, 11) is -4.09. The van der Waals surface area contributed by atoms with Crippen LogP contribution in [0, 0.1) is 0 Å². The molecule has 0 radical (unpaired) electrons. The summed E-state index contributed by atoms with van der Waals surface area (Å²) in [5.41, 5.74) is 1.98.